The summed E-state index contributed by atoms with van der Waals surface area (Å²) in [6, 6.07) is 0.500. The molecule has 3 nitrogen and oxygen atoms in total. The molecule has 0 aromatic carbocycles. The minimum absolute atomic E-state index is 0.329. The van der Waals surface area contributed by atoms with E-state index >= 15 is 0 Å². The summed E-state index contributed by atoms with van der Waals surface area (Å²) in [5.41, 5.74) is 0.658. The molecular weight excluding hydrogens is 214 g/mol. The Kier molecular flexibility index (Phi) is 4.99. The first-order valence-corrected chi connectivity index (χ1v) is 6.83. The van der Waals surface area contributed by atoms with Gasteiger partial charge in [0.15, 0.2) is 0 Å². The van der Waals surface area contributed by atoms with Crippen molar-refractivity contribution in [1.82, 2.24) is 5.32 Å². The van der Waals surface area contributed by atoms with Crippen LogP contribution in [0.5, 0.6) is 0 Å². The van der Waals surface area contributed by atoms with Gasteiger partial charge in [0.25, 0.3) is 0 Å². The molecule has 1 aliphatic rings. The van der Waals surface area contributed by atoms with Crippen LogP contribution in [-0.2, 0) is 4.74 Å². The van der Waals surface area contributed by atoms with Crippen molar-refractivity contribution in [2.45, 2.75) is 59.6 Å². The first-order chi connectivity index (χ1) is 7.84. The van der Waals surface area contributed by atoms with Crippen LogP contribution in [0.15, 0.2) is 0 Å². The first-order valence-electron chi connectivity index (χ1n) is 6.83. The number of nitrogens with one attached hydrogen (secondary N) is 1. The van der Waals surface area contributed by atoms with Gasteiger partial charge in [-0.25, -0.2) is 0 Å². The van der Waals surface area contributed by atoms with Gasteiger partial charge < -0.3 is 15.2 Å². The van der Waals surface area contributed by atoms with Gasteiger partial charge in [0.1, 0.15) is 0 Å². The van der Waals surface area contributed by atoms with E-state index in [1.807, 2.05) is 0 Å². The van der Waals surface area contributed by atoms with Gasteiger partial charge in [-0.2, -0.15) is 0 Å². The Balaban J connectivity index is 2.11. The third-order valence-electron chi connectivity index (χ3n) is 4.53. The maximum atomic E-state index is 9.78. The first kappa shape index (κ1) is 14.9. The molecule has 1 saturated carbocycles. The highest BCUT2D eigenvalue weighted by Crippen LogP contribution is 2.62. The molecule has 1 atom stereocenters. The topological polar surface area (TPSA) is 41.5 Å². The summed E-state index contributed by atoms with van der Waals surface area (Å²) in [7, 11) is 0. The van der Waals surface area contributed by atoms with Crippen LogP contribution in [0.3, 0.4) is 0 Å². The molecule has 0 bridgehead atoms. The summed E-state index contributed by atoms with van der Waals surface area (Å²) in [6.07, 6.45) is 1.82. The maximum Gasteiger partial charge on any atom is 0.0897 e. The van der Waals surface area contributed by atoms with Crippen LogP contribution in [0.2, 0.25) is 0 Å². The summed E-state index contributed by atoms with van der Waals surface area (Å²) in [4.78, 5) is 0. The van der Waals surface area contributed by atoms with Gasteiger partial charge in [-0.15, -0.1) is 0 Å². The molecule has 1 unspecified atom stereocenters. The Morgan fingerprint density at radius 3 is 2.29 bits per heavy atom. The van der Waals surface area contributed by atoms with Crippen molar-refractivity contribution in [2.24, 2.45) is 10.8 Å². The number of hydrogen-bond acceptors (Lipinski definition) is 3. The van der Waals surface area contributed by atoms with E-state index < -0.39 is 0 Å². The fraction of sp³-hybridized carbons (Fsp3) is 1.00. The van der Waals surface area contributed by atoms with E-state index in [9.17, 15) is 5.11 Å². The molecule has 2 N–H and O–H groups in total. The van der Waals surface area contributed by atoms with E-state index in [0.29, 0.717) is 30.0 Å². The van der Waals surface area contributed by atoms with Crippen LogP contribution >= 0.6 is 0 Å². The number of ether oxygens (including phenoxy) is 1. The zero-order valence-electron chi connectivity index (χ0n) is 12.0. The predicted octanol–water partition coefficient (Wildman–Crippen LogP) is 2.19. The standard InChI is InChI=1S/C14H29NO2/c1-6-7-8-17-10-11(16)9-15-12-13(2,3)14(12,4)5/h11-12,15-16H,6-10H2,1-5H3. The second-order valence-corrected chi connectivity index (χ2v) is 6.37. The second kappa shape index (κ2) is 5.68. The van der Waals surface area contributed by atoms with Gasteiger partial charge in [-0.1, -0.05) is 41.0 Å². The largest absolute Gasteiger partial charge is 0.389 e. The molecule has 1 rings (SSSR count). The molecule has 1 aliphatic carbocycles. The quantitative estimate of drug-likeness (QED) is 0.642. The van der Waals surface area contributed by atoms with Crippen LogP contribution in [0.25, 0.3) is 0 Å². The third kappa shape index (κ3) is 3.43. The lowest BCUT2D eigenvalue weighted by Crippen LogP contribution is -2.34. The third-order valence-corrected chi connectivity index (χ3v) is 4.53. The second-order valence-electron chi connectivity index (χ2n) is 6.37. The average Bonchev–Trinajstić information content (AvgIpc) is 2.62. The Hall–Kier alpha value is -0.120. The number of aliphatic hydroxyl groups is 1. The van der Waals surface area contributed by atoms with Crippen molar-refractivity contribution in [3.05, 3.63) is 0 Å². The Morgan fingerprint density at radius 2 is 1.82 bits per heavy atom. The van der Waals surface area contributed by atoms with E-state index in [0.717, 1.165) is 19.4 Å². The monoisotopic (exact) mass is 243 g/mol. The van der Waals surface area contributed by atoms with E-state index in [4.69, 9.17) is 4.74 Å². The van der Waals surface area contributed by atoms with E-state index in [1.54, 1.807) is 0 Å². The summed E-state index contributed by atoms with van der Waals surface area (Å²) < 4.78 is 5.40. The lowest BCUT2D eigenvalue weighted by Gasteiger charge is -2.13. The molecule has 0 aromatic rings. The van der Waals surface area contributed by atoms with Crippen LogP contribution in [0, 0.1) is 10.8 Å². The molecule has 102 valence electrons. The highest BCUT2D eigenvalue weighted by molar-refractivity contribution is 5.17. The Labute approximate surface area is 106 Å². The van der Waals surface area contributed by atoms with E-state index in [2.05, 4.69) is 39.9 Å². The molecule has 0 saturated heterocycles. The van der Waals surface area contributed by atoms with Gasteiger partial charge in [-0.3, -0.25) is 0 Å². The van der Waals surface area contributed by atoms with Crippen LogP contribution in [0.4, 0.5) is 0 Å². The normalized spacial score (nSPS) is 23.6. The minimum Gasteiger partial charge on any atom is -0.389 e. The van der Waals surface area contributed by atoms with E-state index in [1.165, 1.54) is 0 Å². The Bertz CT molecular complexity index is 224. The number of unbranched alkanes of at least 4 members (excludes halogenated alkanes) is 1. The summed E-state index contributed by atoms with van der Waals surface area (Å²) in [5, 5.41) is 13.2. The highest BCUT2D eigenvalue weighted by Gasteiger charge is 2.64. The van der Waals surface area contributed by atoms with Gasteiger partial charge >= 0.3 is 0 Å². The van der Waals surface area contributed by atoms with Crippen molar-refractivity contribution < 1.29 is 9.84 Å². The van der Waals surface area contributed by atoms with Crippen LogP contribution in [-0.4, -0.2) is 37.0 Å². The van der Waals surface area contributed by atoms with Crippen molar-refractivity contribution in [1.29, 1.82) is 0 Å². The molecule has 1 fully saturated rings. The SMILES string of the molecule is CCCCOCC(O)CNC1C(C)(C)C1(C)C. The van der Waals surface area contributed by atoms with Gasteiger partial charge in [0, 0.05) is 19.2 Å². The molecule has 0 radical (unpaired) electrons. The fourth-order valence-electron chi connectivity index (χ4n) is 2.49. The molecular formula is C14H29NO2. The molecule has 3 heteroatoms. The minimum atomic E-state index is -0.390. The maximum absolute atomic E-state index is 9.78. The molecule has 17 heavy (non-hydrogen) atoms. The fourth-order valence-corrected chi connectivity index (χ4v) is 2.49. The molecule has 0 spiro atoms. The predicted molar refractivity (Wildman–Crippen MR) is 71.1 cm³/mol. The lowest BCUT2D eigenvalue weighted by molar-refractivity contribution is 0.0352. The zero-order valence-corrected chi connectivity index (χ0v) is 12.0. The van der Waals surface area contributed by atoms with Crippen molar-refractivity contribution in [2.75, 3.05) is 19.8 Å². The zero-order chi connectivity index (χ0) is 13.1. The van der Waals surface area contributed by atoms with E-state index in [-0.39, 0.29) is 6.10 Å². The molecule has 0 aromatic heterocycles. The van der Waals surface area contributed by atoms with Gasteiger partial charge in [0.05, 0.1) is 12.7 Å². The number of hydrogen-bond donors (Lipinski definition) is 2. The number of aliphatic hydroxyl groups excluding tert-OH is 1. The summed E-state index contributed by atoms with van der Waals surface area (Å²) >= 11 is 0. The molecule has 0 aliphatic heterocycles. The highest BCUT2D eigenvalue weighted by atomic mass is 16.5. The average molecular weight is 243 g/mol. The van der Waals surface area contributed by atoms with Crippen LogP contribution < -0.4 is 5.32 Å². The van der Waals surface area contributed by atoms with Crippen molar-refractivity contribution in [3.8, 4) is 0 Å². The number of rotatable bonds is 8. The lowest BCUT2D eigenvalue weighted by atomic mass is 10.0. The Morgan fingerprint density at radius 1 is 1.24 bits per heavy atom. The van der Waals surface area contributed by atoms with Crippen LogP contribution in [0.1, 0.15) is 47.5 Å². The van der Waals surface area contributed by atoms with Gasteiger partial charge in [0.2, 0.25) is 0 Å². The van der Waals surface area contributed by atoms with Crippen molar-refractivity contribution in [3.63, 3.8) is 0 Å². The molecule has 0 heterocycles. The van der Waals surface area contributed by atoms with Gasteiger partial charge in [-0.05, 0) is 17.3 Å². The summed E-state index contributed by atoms with van der Waals surface area (Å²) in [6.45, 7) is 13.1. The smallest absolute Gasteiger partial charge is 0.0897 e. The molecule has 0 amide bonds. The summed E-state index contributed by atoms with van der Waals surface area (Å²) in [5.74, 6) is 0. The van der Waals surface area contributed by atoms with Crippen molar-refractivity contribution >= 4 is 0 Å².